The van der Waals surface area contributed by atoms with E-state index >= 15 is 0 Å². The van der Waals surface area contributed by atoms with Gasteiger partial charge in [0.2, 0.25) is 5.91 Å². The number of amides is 2. The van der Waals surface area contributed by atoms with Crippen LogP contribution in [-0.4, -0.2) is 54.6 Å². The van der Waals surface area contributed by atoms with Crippen molar-refractivity contribution < 1.29 is 24.2 Å². The fraction of sp³-hybridized carbons (Fsp3) is 0.438. The number of hydrogen-bond donors (Lipinski definition) is 2. The van der Waals surface area contributed by atoms with Crippen LogP contribution >= 0.6 is 0 Å². The van der Waals surface area contributed by atoms with Crippen LogP contribution in [0.3, 0.4) is 0 Å². The van der Waals surface area contributed by atoms with E-state index in [9.17, 15) is 19.5 Å². The molecule has 7 heteroatoms. The predicted octanol–water partition coefficient (Wildman–Crippen LogP) is 0.278. The second-order valence-electron chi connectivity index (χ2n) is 5.84. The van der Waals surface area contributed by atoms with Gasteiger partial charge in [0.25, 0.3) is 5.91 Å². The number of nitrogens with zero attached hydrogens (tertiary/aromatic N) is 1. The third kappa shape index (κ3) is 3.68. The van der Waals surface area contributed by atoms with Crippen LogP contribution in [0.4, 0.5) is 0 Å². The van der Waals surface area contributed by atoms with Crippen LogP contribution in [0.2, 0.25) is 0 Å². The first-order valence-corrected chi connectivity index (χ1v) is 7.27. The fourth-order valence-electron chi connectivity index (χ4n) is 2.83. The summed E-state index contributed by atoms with van der Waals surface area (Å²) in [5.41, 5.74) is 5.27. The second-order valence-corrected chi connectivity index (χ2v) is 5.84. The van der Waals surface area contributed by atoms with E-state index in [1.165, 1.54) is 12.0 Å². The molecule has 3 N–H and O–H groups in total. The summed E-state index contributed by atoms with van der Waals surface area (Å²) in [6.45, 7) is 0.569. The van der Waals surface area contributed by atoms with Gasteiger partial charge in [-0.15, -0.1) is 0 Å². The molecule has 23 heavy (non-hydrogen) atoms. The number of carboxylic acids is 1. The van der Waals surface area contributed by atoms with Crippen molar-refractivity contribution in [3.8, 4) is 0 Å². The minimum atomic E-state index is -1.05. The zero-order chi connectivity index (χ0) is 17.0. The molecule has 0 saturated carbocycles. The average molecular weight is 320 g/mol. The van der Waals surface area contributed by atoms with Gasteiger partial charge in [0.1, 0.15) is 5.41 Å². The summed E-state index contributed by atoms with van der Waals surface area (Å²) in [4.78, 5) is 36.4. The summed E-state index contributed by atoms with van der Waals surface area (Å²) in [5.74, 6) is -1.62. The van der Waals surface area contributed by atoms with E-state index in [2.05, 4.69) is 0 Å². The molecule has 1 heterocycles. The molecule has 0 radical (unpaired) electrons. The van der Waals surface area contributed by atoms with Gasteiger partial charge in [-0.3, -0.25) is 14.4 Å². The highest BCUT2D eigenvalue weighted by Gasteiger charge is 2.46. The Kier molecular flexibility index (Phi) is 5.00. The molecule has 1 aromatic carbocycles. The van der Waals surface area contributed by atoms with Crippen molar-refractivity contribution in [1.29, 1.82) is 0 Å². The number of nitrogens with two attached hydrogens (primary N) is 1. The largest absolute Gasteiger partial charge is 0.481 e. The Labute approximate surface area is 134 Å². The monoisotopic (exact) mass is 320 g/mol. The zero-order valence-corrected chi connectivity index (χ0v) is 12.9. The van der Waals surface area contributed by atoms with Gasteiger partial charge in [0.05, 0.1) is 13.0 Å². The molecule has 7 nitrogen and oxygen atoms in total. The third-order valence-electron chi connectivity index (χ3n) is 4.09. The number of carbonyl (C=O) groups excluding carboxylic acids is 2. The van der Waals surface area contributed by atoms with Gasteiger partial charge in [-0.05, 0) is 24.1 Å². The van der Waals surface area contributed by atoms with E-state index in [1.807, 2.05) is 0 Å². The zero-order valence-electron chi connectivity index (χ0n) is 12.9. The molecule has 0 spiro atoms. The maximum Gasteiger partial charge on any atom is 0.313 e. The van der Waals surface area contributed by atoms with E-state index in [4.69, 9.17) is 10.5 Å². The van der Waals surface area contributed by atoms with Gasteiger partial charge in [-0.2, -0.15) is 0 Å². The van der Waals surface area contributed by atoms with Crippen LogP contribution < -0.4 is 5.73 Å². The Bertz CT molecular complexity index is 613. The highest BCUT2D eigenvalue weighted by atomic mass is 16.5. The molecule has 1 aliphatic rings. The molecule has 1 unspecified atom stereocenters. The van der Waals surface area contributed by atoms with E-state index in [1.54, 1.807) is 24.3 Å². The highest BCUT2D eigenvalue weighted by Crippen LogP contribution is 2.32. The number of methoxy groups -OCH3 is 1. The molecular weight excluding hydrogens is 300 g/mol. The van der Waals surface area contributed by atoms with Crippen LogP contribution in [0.1, 0.15) is 22.3 Å². The number of ether oxygens (including phenoxy) is 1. The Morgan fingerprint density at radius 3 is 2.48 bits per heavy atom. The molecule has 1 saturated heterocycles. The first kappa shape index (κ1) is 17.0. The molecule has 1 aliphatic heterocycles. The smallest absolute Gasteiger partial charge is 0.313 e. The van der Waals surface area contributed by atoms with Crippen molar-refractivity contribution in [2.45, 2.75) is 12.8 Å². The summed E-state index contributed by atoms with van der Waals surface area (Å²) >= 11 is 0. The van der Waals surface area contributed by atoms with E-state index < -0.39 is 17.3 Å². The van der Waals surface area contributed by atoms with Crippen LogP contribution in [-0.2, 0) is 20.7 Å². The Morgan fingerprint density at radius 1 is 1.30 bits per heavy atom. The Balaban J connectivity index is 2.09. The molecule has 1 fully saturated rings. The first-order valence-electron chi connectivity index (χ1n) is 7.27. The number of rotatable bonds is 6. The van der Waals surface area contributed by atoms with Crippen molar-refractivity contribution in [2.75, 3.05) is 26.8 Å². The van der Waals surface area contributed by atoms with Crippen LogP contribution in [0.25, 0.3) is 0 Å². The molecule has 2 rings (SSSR count). The lowest BCUT2D eigenvalue weighted by atomic mass is 9.88. The summed E-state index contributed by atoms with van der Waals surface area (Å²) < 4.78 is 5.01. The summed E-state index contributed by atoms with van der Waals surface area (Å²) in [7, 11) is 1.45. The maximum absolute atomic E-state index is 12.5. The molecule has 0 aromatic heterocycles. The van der Waals surface area contributed by atoms with Crippen molar-refractivity contribution in [3.05, 3.63) is 35.4 Å². The van der Waals surface area contributed by atoms with Gasteiger partial charge >= 0.3 is 5.97 Å². The van der Waals surface area contributed by atoms with E-state index in [-0.39, 0.29) is 25.5 Å². The van der Waals surface area contributed by atoms with Crippen molar-refractivity contribution in [1.82, 2.24) is 4.90 Å². The number of aliphatic carboxylic acids is 1. The van der Waals surface area contributed by atoms with Crippen molar-refractivity contribution in [3.63, 3.8) is 0 Å². The summed E-state index contributed by atoms with van der Waals surface area (Å²) in [6.07, 6.45) is 0.482. The van der Waals surface area contributed by atoms with E-state index in [0.29, 0.717) is 18.5 Å². The number of carboxylic acid groups (broad SMARTS) is 1. The number of hydrogen-bond acceptors (Lipinski definition) is 4. The quantitative estimate of drug-likeness (QED) is 0.782. The second kappa shape index (κ2) is 6.78. The molecule has 1 atom stereocenters. The Hall–Kier alpha value is -2.41. The van der Waals surface area contributed by atoms with Crippen LogP contribution in [0.5, 0.6) is 0 Å². The summed E-state index contributed by atoms with van der Waals surface area (Å²) in [6, 6.07) is 6.59. The van der Waals surface area contributed by atoms with Gasteiger partial charge in [-0.1, -0.05) is 12.1 Å². The lowest BCUT2D eigenvalue weighted by molar-refractivity contribution is -0.151. The third-order valence-corrected chi connectivity index (χ3v) is 4.09. The molecule has 0 bridgehead atoms. The normalized spacial score (nSPS) is 20.5. The standard InChI is InChI=1S/C16H20N2O5/c1-23-10-16(15(21)22)6-7-18(9-16)14(20)12-4-2-11(3-5-12)8-13(17)19/h2-5H,6-10H2,1H3,(H2,17,19)(H,21,22). The molecule has 0 aliphatic carbocycles. The minimum Gasteiger partial charge on any atom is -0.481 e. The predicted molar refractivity (Wildman–Crippen MR) is 81.8 cm³/mol. The molecular formula is C16H20N2O5. The minimum absolute atomic E-state index is 0.0731. The van der Waals surface area contributed by atoms with Gasteiger partial charge in [0, 0.05) is 25.8 Å². The molecule has 2 amide bonds. The first-order chi connectivity index (χ1) is 10.9. The van der Waals surface area contributed by atoms with Crippen LogP contribution in [0, 0.1) is 5.41 Å². The topological polar surface area (TPSA) is 110 Å². The maximum atomic E-state index is 12.5. The fourth-order valence-corrected chi connectivity index (χ4v) is 2.83. The van der Waals surface area contributed by atoms with Crippen molar-refractivity contribution >= 4 is 17.8 Å². The highest BCUT2D eigenvalue weighted by molar-refractivity contribution is 5.95. The van der Waals surface area contributed by atoms with Crippen LogP contribution in [0.15, 0.2) is 24.3 Å². The number of likely N-dealkylation sites (tertiary alicyclic amines) is 1. The number of carbonyl (C=O) groups is 3. The molecule has 124 valence electrons. The SMILES string of the molecule is COCC1(C(=O)O)CCN(C(=O)c2ccc(CC(N)=O)cc2)C1. The van der Waals surface area contributed by atoms with Gasteiger partial charge in [0.15, 0.2) is 0 Å². The Morgan fingerprint density at radius 2 is 1.96 bits per heavy atom. The number of primary amides is 1. The molecule has 1 aromatic rings. The van der Waals surface area contributed by atoms with Crippen molar-refractivity contribution in [2.24, 2.45) is 11.1 Å². The lowest BCUT2D eigenvalue weighted by Gasteiger charge is -2.23. The van der Waals surface area contributed by atoms with Gasteiger partial charge < -0.3 is 20.5 Å². The summed E-state index contributed by atoms with van der Waals surface area (Å²) in [5, 5.41) is 9.42. The lowest BCUT2D eigenvalue weighted by Crippen LogP contribution is -2.40. The van der Waals surface area contributed by atoms with E-state index in [0.717, 1.165) is 5.56 Å². The van der Waals surface area contributed by atoms with Gasteiger partial charge in [-0.25, -0.2) is 0 Å². The number of benzene rings is 1. The average Bonchev–Trinajstić information content (AvgIpc) is 2.93.